The summed E-state index contributed by atoms with van der Waals surface area (Å²) in [4.78, 5) is 29.2. The predicted molar refractivity (Wildman–Crippen MR) is 107 cm³/mol. The van der Waals surface area contributed by atoms with Crippen molar-refractivity contribution in [1.82, 2.24) is 4.90 Å². The van der Waals surface area contributed by atoms with Crippen molar-refractivity contribution in [2.45, 2.75) is 45.6 Å². The van der Waals surface area contributed by atoms with E-state index in [0.717, 1.165) is 38.0 Å². The Morgan fingerprint density at radius 3 is 2.70 bits per heavy atom. The van der Waals surface area contributed by atoms with Crippen LogP contribution in [0.25, 0.3) is 0 Å². The van der Waals surface area contributed by atoms with Crippen LogP contribution in [-0.2, 0) is 11.2 Å². The van der Waals surface area contributed by atoms with Gasteiger partial charge in [0.15, 0.2) is 0 Å². The van der Waals surface area contributed by atoms with Crippen LogP contribution < -0.4 is 4.90 Å². The average molecular weight is 362 g/mol. The van der Waals surface area contributed by atoms with Crippen LogP contribution in [0.3, 0.4) is 0 Å². The molecule has 2 aliphatic rings. The number of anilines is 1. The Labute approximate surface area is 160 Å². The first-order valence-electron chi connectivity index (χ1n) is 9.89. The molecule has 0 bridgehead atoms. The molecular weight excluding hydrogens is 336 g/mol. The Morgan fingerprint density at radius 2 is 1.96 bits per heavy atom. The highest BCUT2D eigenvalue weighted by atomic mass is 16.2. The molecule has 4 nitrogen and oxygen atoms in total. The average Bonchev–Trinajstić information content (AvgIpc) is 3.12. The van der Waals surface area contributed by atoms with Crippen LogP contribution >= 0.6 is 0 Å². The third-order valence-electron chi connectivity index (χ3n) is 5.78. The van der Waals surface area contributed by atoms with E-state index < -0.39 is 0 Å². The molecule has 2 heterocycles. The lowest BCUT2D eigenvalue weighted by molar-refractivity contribution is -0.117. The zero-order valence-corrected chi connectivity index (χ0v) is 16.1. The van der Waals surface area contributed by atoms with Crippen molar-refractivity contribution in [3.8, 4) is 0 Å². The van der Waals surface area contributed by atoms with Gasteiger partial charge in [-0.3, -0.25) is 9.59 Å². The topological polar surface area (TPSA) is 40.6 Å². The summed E-state index contributed by atoms with van der Waals surface area (Å²) >= 11 is 0. The fraction of sp³-hybridized carbons (Fsp3) is 0.391. The summed E-state index contributed by atoms with van der Waals surface area (Å²) in [6.45, 7) is 5.73. The van der Waals surface area contributed by atoms with Gasteiger partial charge in [0.1, 0.15) is 0 Å². The molecule has 1 unspecified atom stereocenters. The Bertz CT molecular complexity index is 890. The van der Waals surface area contributed by atoms with E-state index >= 15 is 0 Å². The van der Waals surface area contributed by atoms with Gasteiger partial charge in [-0.15, -0.1) is 0 Å². The van der Waals surface area contributed by atoms with E-state index in [1.807, 2.05) is 29.2 Å². The van der Waals surface area contributed by atoms with Crippen LogP contribution in [0.15, 0.2) is 42.5 Å². The van der Waals surface area contributed by atoms with E-state index in [9.17, 15) is 9.59 Å². The van der Waals surface area contributed by atoms with Crippen LogP contribution in [-0.4, -0.2) is 29.8 Å². The smallest absolute Gasteiger partial charge is 0.254 e. The highest BCUT2D eigenvalue weighted by molar-refractivity contribution is 5.99. The number of fused-ring (bicyclic) bond motifs is 1. The molecule has 2 aromatic carbocycles. The first-order valence-corrected chi connectivity index (χ1v) is 9.89. The zero-order chi connectivity index (χ0) is 19.0. The van der Waals surface area contributed by atoms with Crippen LogP contribution in [0.5, 0.6) is 0 Å². The fourth-order valence-electron chi connectivity index (χ4n) is 4.42. The normalized spacial score (nSPS) is 19.3. The Kier molecular flexibility index (Phi) is 4.73. The van der Waals surface area contributed by atoms with Gasteiger partial charge in [-0.1, -0.05) is 36.8 Å². The lowest BCUT2D eigenvalue weighted by Crippen LogP contribution is -2.40. The third-order valence-corrected chi connectivity index (χ3v) is 5.78. The van der Waals surface area contributed by atoms with Crippen LogP contribution in [0, 0.1) is 6.92 Å². The van der Waals surface area contributed by atoms with Crippen LogP contribution in [0.4, 0.5) is 5.69 Å². The molecule has 0 radical (unpaired) electrons. The van der Waals surface area contributed by atoms with Gasteiger partial charge in [0.2, 0.25) is 5.91 Å². The van der Waals surface area contributed by atoms with Crippen molar-refractivity contribution >= 4 is 17.5 Å². The number of rotatable bonds is 3. The Morgan fingerprint density at radius 1 is 1.11 bits per heavy atom. The zero-order valence-electron chi connectivity index (χ0n) is 16.1. The van der Waals surface area contributed by atoms with E-state index in [4.69, 9.17) is 0 Å². The first-order chi connectivity index (χ1) is 13.1. The van der Waals surface area contributed by atoms with Gasteiger partial charge in [-0.25, -0.2) is 0 Å². The molecule has 2 aliphatic heterocycles. The van der Waals surface area contributed by atoms with E-state index in [0.29, 0.717) is 12.0 Å². The summed E-state index contributed by atoms with van der Waals surface area (Å²) in [7, 11) is 0. The summed E-state index contributed by atoms with van der Waals surface area (Å²) in [5, 5.41) is 0. The summed E-state index contributed by atoms with van der Waals surface area (Å²) in [6, 6.07) is 14.2. The SMILES string of the molecule is CCC1c2ccc(C)cc2CCN1C(=O)c1cccc(N2CCCC2=O)c1. The quantitative estimate of drug-likeness (QED) is 0.818. The molecule has 4 heteroatoms. The summed E-state index contributed by atoms with van der Waals surface area (Å²) in [6.07, 6.45) is 3.27. The number of aryl methyl sites for hydroxylation is 1. The lowest BCUT2D eigenvalue weighted by Gasteiger charge is -2.37. The van der Waals surface area contributed by atoms with Gasteiger partial charge < -0.3 is 9.80 Å². The minimum atomic E-state index is 0.0570. The van der Waals surface area contributed by atoms with Gasteiger partial charge in [0, 0.05) is 30.8 Å². The molecule has 0 aliphatic carbocycles. The van der Waals surface area contributed by atoms with Gasteiger partial charge in [-0.05, 0) is 55.5 Å². The lowest BCUT2D eigenvalue weighted by atomic mass is 9.89. The van der Waals surface area contributed by atoms with Gasteiger partial charge in [0.05, 0.1) is 6.04 Å². The molecule has 1 fully saturated rings. The number of nitrogens with zero attached hydrogens (tertiary/aromatic N) is 2. The minimum Gasteiger partial charge on any atom is -0.331 e. The highest BCUT2D eigenvalue weighted by Crippen LogP contribution is 2.34. The highest BCUT2D eigenvalue weighted by Gasteiger charge is 2.31. The third kappa shape index (κ3) is 3.25. The molecule has 4 rings (SSSR count). The maximum atomic E-state index is 13.3. The molecular formula is C23H26N2O2. The van der Waals surface area contributed by atoms with Crippen LogP contribution in [0.2, 0.25) is 0 Å². The van der Waals surface area contributed by atoms with Crippen molar-refractivity contribution < 1.29 is 9.59 Å². The summed E-state index contributed by atoms with van der Waals surface area (Å²) in [5.74, 6) is 0.204. The monoisotopic (exact) mass is 362 g/mol. The molecule has 0 spiro atoms. The van der Waals surface area contributed by atoms with Crippen molar-refractivity contribution in [3.05, 3.63) is 64.7 Å². The maximum Gasteiger partial charge on any atom is 0.254 e. The van der Waals surface area contributed by atoms with Crippen molar-refractivity contribution in [1.29, 1.82) is 0 Å². The number of hydrogen-bond acceptors (Lipinski definition) is 2. The fourth-order valence-corrected chi connectivity index (χ4v) is 4.42. The van der Waals surface area contributed by atoms with E-state index in [1.54, 1.807) is 4.90 Å². The molecule has 1 atom stereocenters. The van der Waals surface area contributed by atoms with E-state index in [-0.39, 0.29) is 17.9 Å². The molecule has 2 amide bonds. The standard InChI is InChI=1S/C23H26N2O2/c1-3-21-20-10-9-16(2)14-17(20)11-13-25(21)23(27)18-6-4-7-19(15-18)24-12-5-8-22(24)26/h4,6-7,9-10,14-15,21H,3,5,8,11-13H2,1-2H3. The second-order valence-corrected chi connectivity index (χ2v) is 7.57. The Hall–Kier alpha value is -2.62. The molecule has 2 aromatic rings. The molecule has 27 heavy (non-hydrogen) atoms. The van der Waals surface area contributed by atoms with Crippen molar-refractivity contribution in [2.75, 3.05) is 18.0 Å². The second kappa shape index (κ2) is 7.18. The van der Waals surface area contributed by atoms with Crippen molar-refractivity contribution in [3.63, 3.8) is 0 Å². The number of benzene rings is 2. The van der Waals surface area contributed by atoms with E-state index in [1.165, 1.54) is 16.7 Å². The second-order valence-electron chi connectivity index (χ2n) is 7.57. The number of carbonyl (C=O) groups excluding carboxylic acids is 2. The van der Waals surface area contributed by atoms with Crippen LogP contribution in [0.1, 0.15) is 59.3 Å². The Balaban J connectivity index is 1.63. The molecule has 0 aromatic heterocycles. The van der Waals surface area contributed by atoms with Gasteiger partial charge >= 0.3 is 0 Å². The summed E-state index contributed by atoms with van der Waals surface area (Å²) in [5.41, 5.74) is 5.41. The van der Waals surface area contributed by atoms with Gasteiger partial charge in [0.25, 0.3) is 5.91 Å². The maximum absolute atomic E-state index is 13.3. The minimum absolute atomic E-state index is 0.0570. The van der Waals surface area contributed by atoms with Crippen molar-refractivity contribution in [2.24, 2.45) is 0 Å². The first kappa shape index (κ1) is 17.8. The molecule has 0 N–H and O–H groups in total. The number of carbonyl (C=O) groups is 2. The number of amides is 2. The largest absolute Gasteiger partial charge is 0.331 e. The predicted octanol–water partition coefficient (Wildman–Crippen LogP) is 4.27. The molecule has 140 valence electrons. The van der Waals surface area contributed by atoms with E-state index in [2.05, 4.69) is 32.0 Å². The molecule has 1 saturated heterocycles. The molecule has 0 saturated carbocycles. The number of hydrogen-bond donors (Lipinski definition) is 0. The summed E-state index contributed by atoms with van der Waals surface area (Å²) < 4.78 is 0. The van der Waals surface area contributed by atoms with Gasteiger partial charge in [-0.2, -0.15) is 0 Å².